The molecule has 0 aliphatic carbocycles. The highest BCUT2D eigenvalue weighted by Crippen LogP contribution is 2.27. The summed E-state index contributed by atoms with van der Waals surface area (Å²) in [6.45, 7) is 7.48. The lowest BCUT2D eigenvalue weighted by molar-refractivity contribution is 0.101. The van der Waals surface area contributed by atoms with E-state index in [0.717, 1.165) is 5.69 Å². The van der Waals surface area contributed by atoms with Gasteiger partial charge in [0.25, 0.3) is 5.91 Å². The number of rotatable bonds is 4. The van der Waals surface area contributed by atoms with Gasteiger partial charge >= 0.3 is 0 Å². The van der Waals surface area contributed by atoms with E-state index in [0.29, 0.717) is 22.3 Å². The smallest absolute Gasteiger partial charge is 0.272 e. The molecule has 0 aliphatic heterocycles. The van der Waals surface area contributed by atoms with E-state index in [9.17, 15) is 14.0 Å². The second kappa shape index (κ2) is 12.3. The van der Waals surface area contributed by atoms with Crippen molar-refractivity contribution in [1.29, 1.82) is 0 Å². The molecule has 4 aromatic rings. The molecule has 0 saturated carbocycles. The maximum Gasteiger partial charge on any atom is 0.272 e. The van der Waals surface area contributed by atoms with Gasteiger partial charge in [0.05, 0.1) is 11.3 Å². The molecule has 0 bridgehead atoms. The number of pyridine rings is 1. The molecule has 0 atom stereocenters. The monoisotopic (exact) mass is 462 g/mol. The molecule has 2 N–H and O–H groups in total. The second-order valence-electron chi connectivity index (χ2n) is 7.31. The molecule has 0 saturated heterocycles. The summed E-state index contributed by atoms with van der Waals surface area (Å²) in [5.74, 6) is -0.566. The summed E-state index contributed by atoms with van der Waals surface area (Å²) >= 11 is 0. The number of benzene rings is 2. The number of aryl methyl sites for hydroxylation is 2. The Morgan fingerprint density at radius 1 is 1.00 bits per heavy atom. The van der Waals surface area contributed by atoms with E-state index >= 15 is 0 Å². The third-order valence-electron chi connectivity index (χ3n) is 4.96. The summed E-state index contributed by atoms with van der Waals surface area (Å²) in [6.07, 6.45) is 3.25. The Morgan fingerprint density at radius 3 is 2.24 bits per heavy atom. The van der Waals surface area contributed by atoms with Crippen molar-refractivity contribution in [3.63, 3.8) is 0 Å². The molecule has 34 heavy (non-hydrogen) atoms. The average Bonchev–Trinajstić information content (AvgIpc) is 3.27. The van der Waals surface area contributed by atoms with Crippen molar-refractivity contribution in [2.24, 2.45) is 7.05 Å². The van der Waals surface area contributed by atoms with Gasteiger partial charge in [-0.1, -0.05) is 43.7 Å². The molecular formula is C27H31FN4O2. The molecule has 178 valence electrons. The van der Waals surface area contributed by atoms with Gasteiger partial charge < -0.3 is 15.2 Å². The van der Waals surface area contributed by atoms with Crippen LogP contribution in [0.3, 0.4) is 0 Å². The minimum Gasteiger partial charge on any atom is -0.387 e. The van der Waals surface area contributed by atoms with Gasteiger partial charge in [0.15, 0.2) is 5.78 Å². The van der Waals surface area contributed by atoms with Crippen LogP contribution in [0.15, 0.2) is 67.0 Å². The molecule has 1 amide bonds. The predicted octanol–water partition coefficient (Wildman–Crippen LogP) is 6.23. The summed E-state index contributed by atoms with van der Waals surface area (Å²) in [5, 5.41) is 6.39. The summed E-state index contributed by atoms with van der Waals surface area (Å²) in [6, 6.07) is 16.1. The molecule has 2 aromatic heterocycles. The highest BCUT2D eigenvalue weighted by molar-refractivity contribution is 6.07. The van der Waals surface area contributed by atoms with Crippen molar-refractivity contribution < 1.29 is 14.0 Å². The van der Waals surface area contributed by atoms with Gasteiger partial charge in [0.1, 0.15) is 17.0 Å². The molecule has 0 spiro atoms. The van der Waals surface area contributed by atoms with E-state index in [-0.39, 0.29) is 23.0 Å². The minimum absolute atomic E-state index is 0.0867. The lowest BCUT2D eigenvalue weighted by Crippen LogP contribution is -2.15. The van der Waals surface area contributed by atoms with Crippen molar-refractivity contribution in [3.8, 4) is 0 Å². The summed E-state index contributed by atoms with van der Waals surface area (Å²) < 4.78 is 15.3. The van der Waals surface area contributed by atoms with Crippen molar-refractivity contribution >= 4 is 34.0 Å². The number of para-hydroxylation sites is 1. The number of nitrogens with one attached hydrogen (secondary N) is 2. The van der Waals surface area contributed by atoms with Gasteiger partial charge in [-0.2, -0.15) is 0 Å². The molecule has 4 rings (SSSR count). The number of anilines is 2. The Kier molecular flexibility index (Phi) is 9.49. The van der Waals surface area contributed by atoms with Crippen LogP contribution < -0.4 is 10.6 Å². The largest absolute Gasteiger partial charge is 0.387 e. The Morgan fingerprint density at radius 2 is 1.68 bits per heavy atom. The van der Waals surface area contributed by atoms with Gasteiger partial charge in [-0.15, -0.1) is 0 Å². The number of Topliss-reactive ketones (excluding diaryl/α,β-unsaturated/α-hetero) is 1. The van der Waals surface area contributed by atoms with Gasteiger partial charge in [0, 0.05) is 37.6 Å². The third kappa shape index (κ3) is 6.28. The lowest BCUT2D eigenvalue weighted by Gasteiger charge is -2.09. The van der Waals surface area contributed by atoms with Crippen LogP contribution in [0.2, 0.25) is 0 Å². The highest BCUT2D eigenvalue weighted by Gasteiger charge is 2.13. The van der Waals surface area contributed by atoms with Crippen molar-refractivity contribution in [2.75, 3.05) is 17.7 Å². The molecule has 0 aliphatic rings. The number of aromatic nitrogens is 2. The molecule has 2 heterocycles. The van der Waals surface area contributed by atoms with E-state index in [1.54, 1.807) is 29.8 Å². The fraction of sp³-hybridized carbons (Fsp3) is 0.222. The molecule has 2 aromatic carbocycles. The molecule has 7 heteroatoms. The number of fused-ring (bicyclic) bond motifs is 1. The quantitative estimate of drug-likeness (QED) is 0.353. The van der Waals surface area contributed by atoms with Gasteiger partial charge in [0.2, 0.25) is 0 Å². The van der Waals surface area contributed by atoms with Crippen LogP contribution in [0.4, 0.5) is 15.8 Å². The molecule has 0 unspecified atom stereocenters. The first-order chi connectivity index (χ1) is 16.3. The summed E-state index contributed by atoms with van der Waals surface area (Å²) in [5.41, 5.74) is 4.02. The Balaban J connectivity index is 0.000000224. The van der Waals surface area contributed by atoms with Gasteiger partial charge in [-0.25, -0.2) is 4.39 Å². The van der Waals surface area contributed by atoms with Crippen molar-refractivity contribution in [1.82, 2.24) is 9.55 Å². The van der Waals surface area contributed by atoms with Crippen LogP contribution in [0, 0.1) is 12.7 Å². The van der Waals surface area contributed by atoms with Crippen LogP contribution in [-0.2, 0) is 7.05 Å². The fourth-order valence-corrected chi connectivity index (χ4v) is 3.25. The number of hydrogen-bond donors (Lipinski definition) is 2. The summed E-state index contributed by atoms with van der Waals surface area (Å²) in [7, 11) is 3.55. The number of hydrogen-bond acceptors (Lipinski definition) is 4. The molecule has 6 nitrogen and oxygen atoms in total. The van der Waals surface area contributed by atoms with E-state index in [1.165, 1.54) is 24.8 Å². The van der Waals surface area contributed by atoms with Crippen LogP contribution in [0.25, 0.3) is 10.9 Å². The first kappa shape index (κ1) is 26.3. The number of carbonyl (C=O) groups is 2. The maximum absolute atomic E-state index is 13.5. The third-order valence-corrected chi connectivity index (χ3v) is 4.96. The van der Waals surface area contributed by atoms with Crippen LogP contribution >= 0.6 is 0 Å². The Labute approximate surface area is 199 Å². The standard InChI is InChI=1S/C13H14N2O.C12H11FN2O.C2H6/c1-10-5-7-11(8-6-10)14-13(16)12-4-3-9-15(12)2;1-7(16)9-6-15-12-8(11(9)14-2)4-3-5-10(12)13;1-2/h3-9H,1-2H3,(H,14,16);3-6H,1-2H3,(H,14,15);1-2H3. The first-order valence-corrected chi connectivity index (χ1v) is 11.1. The SMILES string of the molecule is CC.CNc1c(C(C)=O)cnc2c(F)cccc12.Cc1ccc(NC(=O)c2cccn2C)cc1. The number of nitrogens with zero attached hydrogens (tertiary/aromatic N) is 2. The zero-order chi connectivity index (χ0) is 25.3. The van der Waals surface area contributed by atoms with E-state index in [4.69, 9.17) is 0 Å². The molecular weight excluding hydrogens is 431 g/mol. The zero-order valence-corrected chi connectivity index (χ0v) is 20.4. The number of amides is 1. The highest BCUT2D eigenvalue weighted by atomic mass is 19.1. The second-order valence-corrected chi connectivity index (χ2v) is 7.31. The zero-order valence-electron chi connectivity index (χ0n) is 20.4. The first-order valence-electron chi connectivity index (χ1n) is 11.1. The molecule has 0 fully saturated rings. The van der Waals surface area contributed by atoms with Gasteiger partial charge in [-0.05, 0) is 44.2 Å². The normalized spacial score (nSPS) is 9.85. The minimum atomic E-state index is -0.385. The van der Waals surface area contributed by atoms with Crippen LogP contribution in [0.5, 0.6) is 0 Å². The lowest BCUT2D eigenvalue weighted by atomic mass is 10.1. The Bertz CT molecular complexity index is 1260. The van der Waals surface area contributed by atoms with Crippen molar-refractivity contribution in [3.05, 3.63) is 89.6 Å². The van der Waals surface area contributed by atoms with E-state index < -0.39 is 0 Å². The van der Waals surface area contributed by atoms with Gasteiger partial charge in [-0.3, -0.25) is 14.6 Å². The number of carbonyl (C=O) groups excluding carboxylic acids is 2. The van der Waals surface area contributed by atoms with E-state index in [2.05, 4.69) is 15.6 Å². The maximum atomic E-state index is 13.5. The van der Waals surface area contributed by atoms with Crippen LogP contribution in [0.1, 0.15) is 47.2 Å². The number of ketones is 1. The number of halogens is 1. The topological polar surface area (TPSA) is 76.0 Å². The fourth-order valence-electron chi connectivity index (χ4n) is 3.25. The predicted molar refractivity (Wildman–Crippen MR) is 137 cm³/mol. The average molecular weight is 463 g/mol. The van der Waals surface area contributed by atoms with Crippen molar-refractivity contribution in [2.45, 2.75) is 27.7 Å². The Hall–Kier alpha value is -4.00. The van der Waals surface area contributed by atoms with E-state index in [1.807, 2.05) is 64.3 Å². The molecule has 0 radical (unpaired) electrons. The summed E-state index contributed by atoms with van der Waals surface area (Å²) in [4.78, 5) is 27.2. The van der Waals surface area contributed by atoms with Crippen LogP contribution in [-0.4, -0.2) is 28.3 Å².